The van der Waals surface area contributed by atoms with Crippen molar-refractivity contribution in [2.45, 2.75) is 38.3 Å². The summed E-state index contributed by atoms with van der Waals surface area (Å²) in [6.45, 7) is 5.25. The predicted molar refractivity (Wildman–Crippen MR) is 114 cm³/mol. The predicted octanol–water partition coefficient (Wildman–Crippen LogP) is 2.82. The molecule has 1 unspecified atom stereocenters. The number of hydrogen-bond acceptors (Lipinski definition) is 7. The first kappa shape index (κ1) is 20.0. The summed E-state index contributed by atoms with van der Waals surface area (Å²) in [6, 6.07) is 12.7. The number of aromatic nitrogens is 1. The quantitative estimate of drug-likeness (QED) is 0.600. The van der Waals surface area contributed by atoms with E-state index >= 15 is 0 Å². The van der Waals surface area contributed by atoms with Crippen molar-refractivity contribution in [3.63, 3.8) is 0 Å². The lowest BCUT2D eigenvalue weighted by Crippen LogP contribution is -2.49. The molecule has 1 aromatic carbocycles. The average Bonchev–Trinajstić information content (AvgIpc) is 3.09. The van der Waals surface area contributed by atoms with E-state index in [9.17, 15) is 10.0 Å². The highest BCUT2D eigenvalue weighted by Crippen LogP contribution is 2.25. The fraction of sp³-hybridized carbons (Fsp3) is 0.364. The monoisotopic (exact) mass is 407 g/mol. The van der Waals surface area contributed by atoms with Crippen LogP contribution < -0.4 is 10.2 Å². The van der Waals surface area contributed by atoms with Gasteiger partial charge in [-0.05, 0) is 57.5 Å². The molecule has 2 aromatic rings. The number of oxime groups is 2. The number of carbonyl (C=O) groups is 1. The molecule has 2 aliphatic rings. The summed E-state index contributed by atoms with van der Waals surface area (Å²) in [4.78, 5) is 25.0. The molecule has 0 saturated carbocycles. The van der Waals surface area contributed by atoms with Crippen LogP contribution in [0.3, 0.4) is 0 Å². The number of anilines is 1. The lowest BCUT2D eigenvalue weighted by atomic mass is 9.94. The van der Waals surface area contributed by atoms with Crippen molar-refractivity contribution >= 4 is 23.1 Å². The Morgan fingerprint density at radius 2 is 2.07 bits per heavy atom. The Morgan fingerprint density at radius 1 is 1.27 bits per heavy atom. The van der Waals surface area contributed by atoms with E-state index in [1.165, 1.54) is 0 Å². The lowest BCUT2D eigenvalue weighted by molar-refractivity contribution is 0.0507. The van der Waals surface area contributed by atoms with Gasteiger partial charge in [-0.15, -0.1) is 0 Å². The van der Waals surface area contributed by atoms with Gasteiger partial charge in [0.05, 0.1) is 6.04 Å². The molecular formula is C22H25N5O3. The number of amides is 1. The molecule has 1 fully saturated rings. The van der Waals surface area contributed by atoms with Crippen LogP contribution in [0.4, 0.5) is 5.82 Å². The summed E-state index contributed by atoms with van der Waals surface area (Å²) in [6.07, 6.45) is 3.64. The summed E-state index contributed by atoms with van der Waals surface area (Å²) in [5.41, 5.74) is 1.27. The standard InChI is InChI=1S/C22H25N5O3/c1-22(2)20(25-29)19(26-30-22)15-8-10-16(11-9-15)21(28)27(17-6-5-12-23-14-17)18-7-3-4-13-24-18/h3-4,7-11,13,17,23,29H,5-6,12,14H2,1-2H3/b25-20-. The van der Waals surface area contributed by atoms with Crippen LogP contribution in [0.2, 0.25) is 0 Å². The molecule has 8 nitrogen and oxygen atoms in total. The van der Waals surface area contributed by atoms with Gasteiger partial charge >= 0.3 is 0 Å². The van der Waals surface area contributed by atoms with Crippen LogP contribution in [0.5, 0.6) is 0 Å². The Morgan fingerprint density at radius 3 is 2.70 bits per heavy atom. The minimum Gasteiger partial charge on any atom is -0.410 e. The smallest absolute Gasteiger partial charge is 0.259 e. The molecule has 2 aliphatic heterocycles. The number of nitrogens with one attached hydrogen (secondary N) is 1. The van der Waals surface area contributed by atoms with Crippen LogP contribution in [-0.2, 0) is 4.84 Å². The molecule has 1 saturated heterocycles. The maximum absolute atomic E-state index is 13.4. The van der Waals surface area contributed by atoms with Crippen molar-refractivity contribution in [2.75, 3.05) is 18.0 Å². The Hall–Kier alpha value is -3.26. The van der Waals surface area contributed by atoms with Gasteiger partial charge in [0, 0.05) is 23.9 Å². The molecule has 0 radical (unpaired) electrons. The topological polar surface area (TPSA) is 99.4 Å². The number of nitrogens with zero attached hydrogens (tertiary/aromatic N) is 4. The van der Waals surface area contributed by atoms with Gasteiger partial charge in [0.1, 0.15) is 11.5 Å². The molecule has 4 rings (SSSR count). The van der Waals surface area contributed by atoms with Crippen LogP contribution >= 0.6 is 0 Å². The van der Waals surface area contributed by atoms with Gasteiger partial charge < -0.3 is 15.4 Å². The first-order valence-corrected chi connectivity index (χ1v) is 10.1. The third-order valence-corrected chi connectivity index (χ3v) is 5.42. The largest absolute Gasteiger partial charge is 0.410 e. The van der Waals surface area contributed by atoms with E-state index < -0.39 is 5.60 Å². The normalized spacial score (nSPS) is 21.7. The number of rotatable bonds is 4. The number of pyridine rings is 1. The van der Waals surface area contributed by atoms with Gasteiger partial charge in [-0.2, -0.15) is 0 Å². The van der Waals surface area contributed by atoms with Gasteiger partial charge in [-0.3, -0.25) is 9.69 Å². The number of piperidine rings is 1. The van der Waals surface area contributed by atoms with Crippen molar-refractivity contribution in [2.24, 2.45) is 10.3 Å². The first-order chi connectivity index (χ1) is 14.5. The minimum absolute atomic E-state index is 0.0438. The fourth-order valence-electron chi connectivity index (χ4n) is 3.81. The van der Waals surface area contributed by atoms with E-state index in [0.29, 0.717) is 28.4 Å². The van der Waals surface area contributed by atoms with E-state index in [0.717, 1.165) is 25.9 Å². The van der Waals surface area contributed by atoms with Crippen LogP contribution in [0, 0.1) is 0 Å². The highest BCUT2D eigenvalue weighted by Gasteiger charge is 2.39. The Labute approximate surface area is 175 Å². The maximum atomic E-state index is 13.4. The minimum atomic E-state index is -0.803. The molecule has 0 spiro atoms. The molecule has 1 amide bonds. The Bertz CT molecular complexity index is 964. The van der Waals surface area contributed by atoms with Crippen molar-refractivity contribution in [3.05, 3.63) is 59.8 Å². The zero-order valence-electron chi connectivity index (χ0n) is 17.1. The molecule has 1 aromatic heterocycles. The first-order valence-electron chi connectivity index (χ1n) is 10.1. The number of carbonyl (C=O) groups excluding carboxylic acids is 1. The zero-order chi connectivity index (χ0) is 21.1. The molecular weight excluding hydrogens is 382 g/mol. The van der Waals surface area contributed by atoms with Crippen LogP contribution in [0.1, 0.15) is 42.6 Å². The van der Waals surface area contributed by atoms with E-state index in [4.69, 9.17) is 4.84 Å². The summed E-state index contributed by atoms with van der Waals surface area (Å²) < 4.78 is 0. The van der Waals surface area contributed by atoms with E-state index in [1.807, 2.05) is 18.2 Å². The van der Waals surface area contributed by atoms with Gasteiger partial charge in [0.2, 0.25) is 0 Å². The molecule has 156 valence electrons. The number of hydrogen-bond donors (Lipinski definition) is 2. The third-order valence-electron chi connectivity index (χ3n) is 5.42. The highest BCUT2D eigenvalue weighted by atomic mass is 16.7. The van der Waals surface area contributed by atoms with Gasteiger partial charge in [-0.25, -0.2) is 4.98 Å². The lowest BCUT2D eigenvalue weighted by Gasteiger charge is -2.34. The summed E-state index contributed by atoms with van der Waals surface area (Å²) in [5.74, 6) is 0.542. The second kappa shape index (κ2) is 8.23. The third kappa shape index (κ3) is 3.78. The Balaban J connectivity index is 1.61. The molecule has 8 heteroatoms. The van der Waals surface area contributed by atoms with Crippen LogP contribution in [0.15, 0.2) is 59.0 Å². The van der Waals surface area contributed by atoms with Crippen LogP contribution in [0.25, 0.3) is 0 Å². The Kier molecular flexibility index (Phi) is 5.50. The molecule has 0 bridgehead atoms. The van der Waals surface area contributed by atoms with Gasteiger partial charge in [-0.1, -0.05) is 28.5 Å². The van der Waals surface area contributed by atoms with Crippen molar-refractivity contribution in [3.8, 4) is 0 Å². The molecule has 3 heterocycles. The van der Waals surface area contributed by atoms with Crippen molar-refractivity contribution in [1.82, 2.24) is 10.3 Å². The maximum Gasteiger partial charge on any atom is 0.259 e. The van der Waals surface area contributed by atoms with E-state index in [1.54, 1.807) is 49.2 Å². The van der Waals surface area contributed by atoms with Gasteiger partial charge in [0.25, 0.3) is 5.91 Å². The molecule has 1 atom stereocenters. The fourth-order valence-corrected chi connectivity index (χ4v) is 3.81. The summed E-state index contributed by atoms with van der Waals surface area (Å²) in [5, 5.41) is 20.2. The van der Waals surface area contributed by atoms with Gasteiger partial charge in [0.15, 0.2) is 11.3 Å². The molecule has 2 N–H and O–H groups in total. The van der Waals surface area contributed by atoms with Crippen LogP contribution in [-0.4, -0.2) is 52.3 Å². The second-order valence-corrected chi connectivity index (χ2v) is 7.93. The zero-order valence-corrected chi connectivity index (χ0v) is 17.1. The number of benzene rings is 1. The van der Waals surface area contributed by atoms with Crippen molar-refractivity contribution < 1.29 is 14.8 Å². The van der Waals surface area contributed by atoms with Crippen molar-refractivity contribution in [1.29, 1.82) is 0 Å². The average molecular weight is 407 g/mol. The second-order valence-electron chi connectivity index (χ2n) is 7.93. The van der Waals surface area contributed by atoms with E-state index in [2.05, 4.69) is 20.6 Å². The molecule has 0 aliphatic carbocycles. The highest BCUT2D eigenvalue weighted by molar-refractivity contribution is 6.51. The van der Waals surface area contributed by atoms with E-state index in [-0.39, 0.29) is 11.9 Å². The summed E-state index contributed by atoms with van der Waals surface area (Å²) in [7, 11) is 0. The summed E-state index contributed by atoms with van der Waals surface area (Å²) >= 11 is 0. The SMILES string of the molecule is CC1(C)ON=C(c2ccc(C(=O)N(c3ccccn3)C3CCCNC3)cc2)/C1=N/O. The molecule has 30 heavy (non-hydrogen) atoms.